The smallest absolute Gasteiger partial charge is 0.291 e. The molecule has 3 heterocycles. The molecule has 6 rings (SSSR count). The molecule has 3 aromatic carbocycles. The lowest BCUT2D eigenvalue weighted by molar-refractivity contribution is 0.288. The van der Waals surface area contributed by atoms with Gasteiger partial charge in [0.05, 0.1) is 30.5 Å². The Kier molecular flexibility index (Phi) is 9.54. The lowest BCUT2D eigenvalue weighted by atomic mass is 10.1. The fourth-order valence-electron chi connectivity index (χ4n) is 4.82. The van der Waals surface area contributed by atoms with Crippen molar-refractivity contribution in [3.8, 4) is 34.2 Å². The van der Waals surface area contributed by atoms with Crippen molar-refractivity contribution in [2.24, 2.45) is 0 Å². The summed E-state index contributed by atoms with van der Waals surface area (Å²) in [6, 6.07) is 23.5. The van der Waals surface area contributed by atoms with E-state index in [1.807, 2.05) is 95.8 Å². The molecule has 0 radical (unpaired) electrons. The first kappa shape index (κ1) is 30.8. The zero-order valence-electron chi connectivity index (χ0n) is 26.1. The molecule has 0 unspecified atom stereocenters. The highest BCUT2D eigenvalue weighted by Gasteiger charge is 2.14. The summed E-state index contributed by atoms with van der Waals surface area (Å²) in [5.74, 6) is 2.63. The predicted molar refractivity (Wildman–Crippen MR) is 183 cm³/mol. The van der Waals surface area contributed by atoms with E-state index in [1.54, 1.807) is 13.2 Å². The average molecular weight is 634 g/mol. The third-order valence-electron chi connectivity index (χ3n) is 7.22. The van der Waals surface area contributed by atoms with Crippen LogP contribution in [0.1, 0.15) is 50.1 Å². The van der Waals surface area contributed by atoms with Crippen LogP contribution in [0.2, 0.25) is 0 Å². The zero-order chi connectivity index (χ0) is 31.9. The standard InChI is InChI=1S/C36H35N5O4S/c1-4-6-21-45-30-18-12-25(22-31(30)43-3)13-19-33-37-36-41(38-33)35(42)32(46-36)23-27-24-40(28-10-8-7-9-11-28)39-34(27)26-14-16-29(17-15-26)44-20-5-2/h7-19,22-24H,4-6,20-21H2,1-3H3/b19-13+,32-23-. The van der Waals surface area contributed by atoms with Gasteiger partial charge in [0.1, 0.15) is 11.4 Å². The number of fused-ring (bicyclic) bond motifs is 1. The Morgan fingerprint density at radius 2 is 1.70 bits per heavy atom. The maximum absolute atomic E-state index is 13.5. The van der Waals surface area contributed by atoms with Crippen LogP contribution >= 0.6 is 11.3 Å². The predicted octanol–water partition coefficient (Wildman–Crippen LogP) is 6.70. The first-order chi connectivity index (χ1) is 22.6. The number of unbranched alkanes of at least 4 members (excludes halogenated alkanes) is 1. The van der Waals surface area contributed by atoms with Gasteiger partial charge in [0.15, 0.2) is 17.3 Å². The monoisotopic (exact) mass is 633 g/mol. The molecule has 6 aromatic rings. The van der Waals surface area contributed by atoms with Crippen LogP contribution < -0.4 is 24.3 Å². The maximum Gasteiger partial charge on any atom is 0.291 e. The summed E-state index contributed by atoms with van der Waals surface area (Å²) in [6.07, 6.45) is 10.4. The molecular weight excluding hydrogens is 598 g/mol. The van der Waals surface area contributed by atoms with Crippen LogP contribution in [-0.4, -0.2) is 44.7 Å². The maximum atomic E-state index is 13.5. The third-order valence-corrected chi connectivity index (χ3v) is 8.18. The van der Waals surface area contributed by atoms with Crippen LogP contribution in [0, 0.1) is 0 Å². The molecule has 0 fully saturated rings. The number of hydrogen-bond donors (Lipinski definition) is 0. The molecule has 0 aliphatic carbocycles. The van der Waals surface area contributed by atoms with Gasteiger partial charge in [0, 0.05) is 17.3 Å². The molecule has 0 amide bonds. The molecule has 0 bridgehead atoms. The van der Waals surface area contributed by atoms with Crippen molar-refractivity contribution in [3.05, 3.63) is 111 Å². The van der Waals surface area contributed by atoms with Crippen LogP contribution in [0.5, 0.6) is 17.2 Å². The molecule has 10 heteroatoms. The van der Waals surface area contributed by atoms with E-state index in [0.29, 0.717) is 40.0 Å². The molecule has 3 aromatic heterocycles. The third kappa shape index (κ3) is 6.87. The second kappa shape index (κ2) is 14.3. The van der Waals surface area contributed by atoms with Crippen molar-refractivity contribution in [2.75, 3.05) is 20.3 Å². The van der Waals surface area contributed by atoms with Crippen molar-refractivity contribution < 1.29 is 14.2 Å². The van der Waals surface area contributed by atoms with Crippen molar-refractivity contribution in [2.45, 2.75) is 33.1 Å². The summed E-state index contributed by atoms with van der Waals surface area (Å²) in [6.45, 7) is 5.51. The van der Waals surface area contributed by atoms with E-state index in [-0.39, 0.29) is 5.56 Å². The van der Waals surface area contributed by atoms with Gasteiger partial charge in [-0.25, -0.2) is 4.68 Å². The number of nitrogens with zero attached hydrogens (tertiary/aromatic N) is 5. The SMILES string of the molecule is CCCCOc1ccc(/C=C/c2nc3s/c(=C\c4cn(-c5ccccc5)nc4-c4ccc(OCCC)cc4)c(=O)n3n2)cc1OC. The highest BCUT2D eigenvalue weighted by atomic mass is 32.1. The van der Waals surface area contributed by atoms with Gasteiger partial charge in [-0.3, -0.25) is 4.79 Å². The number of hydrogen-bond acceptors (Lipinski definition) is 8. The summed E-state index contributed by atoms with van der Waals surface area (Å²) in [5, 5.41) is 9.37. The number of rotatable bonds is 13. The van der Waals surface area contributed by atoms with Crippen molar-refractivity contribution in [3.63, 3.8) is 0 Å². The summed E-state index contributed by atoms with van der Waals surface area (Å²) in [5.41, 5.74) is 4.07. The van der Waals surface area contributed by atoms with Crippen LogP contribution in [0.25, 0.3) is 40.1 Å². The van der Waals surface area contributed by atoms with Crippen molar-refractivity contribution >= 4 is 34.5 Å². The van der Waals surface area contributed by atoms with E-state index < -0.39 is 0 Å². The van der Waals surface area contributed by atoms with Gasteiger partial charge < -0.3 is 14.2 Å². The van der Waals surface area contributed by atoms with Gasteiger partial charge in [-0.05, 0) is 79.1 Å². The number of methoxy groups -OCH3 is 1. The van der Waals surface area contributed by atoms with Gasteiger partial charge in [-0.2, -0.15) is 14.6 Å². The van der Waals surface area contributed by atoms with Gasteiger partial charge in [-0.15, -0.1) is 5.10 Å². The van der Waals surface area contributed by atoms with Crippen LogP contribution in [0.4, 0.5) is 0 Å². The molecule has 0 atom stereocenters. The summed E-state index contributed by atoms with van der Waals surface area (Å²) < 4.78 is 20.8. The highest BCUT2D eigenvalue weighted by Crippen LogP contribution is 2.29. The zero-order valence-corrected chi connectivity index (χ0v) is 26.9. The van der Waals surface area contributed by atoms with Gasteiger partial charge in [-0.1, -0.05) is 61.9 Å². The Labute approximate surface area is 271 Å². The van der Waals surface area contributed by atoms with Gasteiger partial charge in [0.2, 0.25) is 4.96 Å². The number of thiazole rings is 1. The summed E-state index contributed by atoms with van der Waals surface area (Å²) >= 11 is 1.29. The first-order valence-electron chi connectivity index (χ1n) is 15.3. The Hall–Kier alpha value is -5.22. The van der Waals surface area contributed by atoms with E-state index in [1.165, 1.54) is 15.9 Å². The van der Waals surface area contributed by atoms with Crippen LogP contribution in [-0.2, 0) is 0 Å². The fourth-order valence-corrected chi connectivity index (χ4v) is 5.73. The number of aromatic nitrogens is 5. The molecular formula is C36H35N5O4S. The molecule has 0 aliphatic heterocycles. The lowest BCUT2D eigenvalue weighted by Gasteiger charge is -2.10. The van der Waals surface area contributed by atoms with E-state index in [9.17, 15) is 4.79 Å². The Morgan fingerprint density at radius 1 is 0.870 bits per heavy atom. The quantitative estimate of drug-likeness (QED) is 0.131. The highest BCUT2D eigenvalue weighted by molar-refractivity contribution is 7.15. The lowest BCUT2D eigenvalue weighted by Crippen LogP contribution is -2.23. The molecule has 46 heavy (non-hydrogen) atoms. The Morgan fingerprint density at radius 3 is 2.43 bits per heavy atom. The molecule has 234 valence electrons. The summed E-state index contributed by atoms with van der Waals surface area (Å²) in [4.78, 5) is 18.6. The molecule has 0 saturated carbocycles. The molecule has 0 N–H and O–H groups in total. The van der Waals surface area contributed by atoms with E-state index in [2.05, 4.69) is 23.9 Å². The van der Waals surface area contributed by atoms with E-state index in [0.717, 1.165) is 53.1 Å². The Balaban J connectivity index is 1.30. The normalized spacial score (nSPS) is 11.9. The number of benzene rings is 3. The number of ether oxygens (including phenoxy) is 3. The molecule has 0 spiro atoms. The van der Waals surface area contributed by atoms with Gasteiger partial charge in [0.25, 0.3) is 5.56 Å². The minimum atomic E-state index is -0.232. The Bertz CT molecular complexity index is 2060. The first-order valence-corrected chi connectivity index (χ1v) is 16.2. The van der Waals surface area contributed by atoms with Crippen molar-refractivity contribution in [1.29, 1.82) is 0 Å². The van der Waals surface area contributed by atoms with Gasteiger partial charge >= 0.3 is 0 Å². The van der Waals surface area contributed by atoms with E-state index in [4.69, 9.17) is 19.3 Å². The van der Waals surface area contributed by atoms with Crippen LogP contribution in [0.15, 0.2) is 83.8 Å². The summed E-state index contributed by atoms with van der Waals surface area (Å²) in [7, 11) is 1.62. The number of para-hydroxylation sites is 1. The molecule has 0 aliphatic rings. The minimum absolute atomic E-state index is 0.232. The second-order valence-electron chi connectivity index (χ2n) is 10.6. The van der Waals surface area contributed by atoms with Crippen LogP contribution in [0.3, 0.4) is 0 Å². The average Bonchev–Trinajstić information content (AvgIpc) is 3.78. The molecule has 0 saturated heterocycles. The largest absolute Gasteiger partial charge is 0.494 e. The minimum Gasteiger partial charge on any atom is -0.494 e. The topological polar surface area (TPSA) is 92.8 Å². The second-order valence-corrected chi connectivity index (χ2v) is 11.6. The van der Waals surface area contributed by atoms with E-state index >= 15 is 0 Å². The fraction of sp³-hybridized carbons (Fsp3) is 0.222. The van der Waals surface area contributed by atoms with Crippen molar-refractivity contribution in [1.82, 2.24) is 24.4 Å². The molecule has 9 nitrogen and oxygen atoms in total.